The molecule has 6 nitrogen and oxygen atoms in total. The molecule has 0 bridgehead atoms. The first-order chi connectivity index (χ1) is 15.3. The molecule has 0 saturated carbocycles. The summed E-state index contributed by atoms with van der Waals surface area (Å²) < 4.78 is 10.1. The van der Waals surface area contributed by atoms with Crippen LogP contribution in [-0.2, 0) is 9.47 Å². The molecule has 0 aliphatic carbocycles. The zero-order valence-corrected chi connectivity index (χ0v) is 19.3. The van der Waals surface area contributed by atoms with Gasteiger partial charge in [0.25, 0.3) is 0 Å². The van der Waals surface area contributed by atoms with Crippen molar-refractivity contribution in [1.29, 1.82) is 0 Å². The Labute approximate surface area is 189 Å². The summed E-state index contributed by atoms with van der Waals surface area (Å²) in [6.45, 7) is 7.74. The summed E-state index contributed by atoms with van der Waals surface area (Å²) in [4.78, 5) is 45.9. The molecular weight excluding hydrogens is 408 g/mol. The average Bonchev–Trinajstić information content (AvgIpc) is 2.79. The van der Waals surface area contributed by atoms with Gasteiger partial charge in [0.15, 0.2) is 11.6 Å². The molecule has 0 aromatic heterocycles. The maximum absolute atomic E-state index is 11.7. The smallest absolute Gasteiger partial charge is 0.338 e. The van der Waals surface area contributed by atoms with Crippen molar-refractivity contribution in [2.45, 2.75) is 53.4 Å². The van der Waals surface area contributed by atoms with E-state index >= 15 is 0 Å². The molecule has 0 heterocycles. The van der Waals surface area contributed by atoms with Crippen molar-refractivity contribution in [3.05, 3.63) is 70.8 Å². The number of hydrogen-bond acceptors (Lipinski definition) is 6. The number of benzene rings is 2. The largest absolute Gasteiger partial charge is 0.462 e. The minimum absolute atomic E-state index is 0.122. The molecule has 0 spiro atoms. The fourth-order valence-corrected chi connectivity index (χ4v) is 2.71. The number of ketones is 2. The van der Waals surface area contributed by atoms with Crippen LogP contribution in [0.15, 0.2) is 48.5 Å². The summed E-state index contributed by atoms with van der Waals surface area (Å²) in [5, 5.41) is 0. The summed E-state index contributed by atoms with van der Waals surface area (Å²) in [5.74, 6) is -1.08. The third-order valence-electron chi connectivity index (χ3n) is 4.51. The molecule has 2 rings (SSSR count). The van der Waals surface area contributed by atoms with Crippen LogP contribution < -0.4 is 0 Å². The molecule has 6 heteroatoms. The van der Waals surface area contributed by atoms with Gasteiger partial charge in [-0.1, -0.05) is 63.1 Å². The lowest BCUT2D eigenvalue weighted by Gasteiger charge is -2.06. The first-order valence-electron chi connectivity index (χ1n) is 10.9. The van der Waals surface area contributed by atoms with Gasteiger partial charge in [0.05, 0.1) is 24.3 Å². The molecule has 0 aliphatic heterocycles. The fraction of sp³-hybridized carbons (Fsp3) is 0.385. The predicted molar refractivity (Wildman–Crippen MR) is 123 cm³/mol. The Balaban J connectivity index is 0.000000320. The van der Waals surface area contributed by atoms with Gasteiger partial charge >= 0.3 is 11.9 Å². The quantitative estimate of drug-likeness (QED) is 0.268. The minimum atomic E-state index is -0.417. The number of Topliss-reactive ketones (excluding diaryl/α,β-unsaturated/α-hetero) is 2. The van der Waals surface area contributed by atoms with Crippen LogP contribution in [0.1, 0.15) is 94.8 Å². The first-order valence-corrected chi connectivity index (χ1v) is 10.9. The van der Waals surface area contributed by atoms with Gasteiger partial charge in [-0.2, -0.15) is 0 Å². The van der Waals surface area contributed by atoms with E-state index in [4.69, 9.17) is 9.47 Å². The molecule has 0 atom stereocenters. The standard InChI is InChI=1S/2C13H16O3/c2*1-3-4-9-16-13(15)12-8-6-5-7-11(12)10(2)14/h2*5-8H,3-4,9H2,1-2H3. The second-order valence-electron chi connectivity index (χ2n) is 7.18. The number of unbranched alkanes of at least 4 members (excludes halogenated alkanes) is 2. The second kappa shape index (κ2) is 14.7. The van der Waals surface area contributed by atoms with E-state index in [9.17, 15) is 19.2 Å². The highest BCUT2D eigenvalue weighted by Crippen LogP contribution is 2.12. The van der Waals surface area contributed by atoms with Crippen LogP contribution in [0.25, 0.3) is 0 Å². The third-order valence-corrected chi connectivity index (χ3v) is 4.51. The Morgan fingerprint density at radius 2 is 0.906 bits per heavy atom. The van der Waals surface area contributed by atoms with E-state index in [1.165, 1.54) is 13.8 Å². The third kappa shape index (κ3) is 8.84. The Morgan fingerprint density at radius 3 is 1.19 bits per heavy atom. The van der Waals surface area contributed by atoms with E-state index in [-0.39, 0.29) is 11.6 Å². The van der Waals surface area contributed by atoms with Crippen LogP contribution in [0.5, 0.6) is 0 Å². The van der Waals surface area contributed by atoms with Crippen molar-refractivity contribution in [2.24, 2.45) is 0 Å². The number of carbonyl (C=O) groups excluding carboxylic acids is 4. The van der Waals surface area contributed by atoms with Gasteiger partial charge in [-0.05, 0) is 38.8 Å². The number of esters is 2. The van der Waals surface area contributed by atoms with Gasteiger partial charge in [0.2, 0.25) is 0 Å². The molecule has 172 valence electrons. The van der Waals surface area contributed by atoms with E-state index in [0.29, 0.717) is 35.5 Å². The van der Waals surface area contributed by atoms with Crippen molar-refractivity contribution >= 4 is 23.5 Å². The Bertz CT molecular complexity index is 841. The highest BCUT2D eigenvalue weighted by Gasteiger charge is 2.15. The number of carbonyl (C=O) groups is 4. The molecule has 0 amide bonds. The Hall–Kier alpha value is -3.28. The Kier molecular flexibility index (Phi) is 12.3. The fourth-order valence-electron chi connectivity index (χ4n) is 2.71. The number of rotatable bonds is 10. The molecule has 0 saturated heterocycles. The van der Waals surface area contributed by atoms with Gasteiger partial charge in [0, 0.05) is 11.1 Å². The van der Waals surface area contributed by atoms with E-state index in [0.717, 1.165) is 25.7 Å². The number of hydrogen-bond donors (Lipinski definition) is 0. The molecule has 0 unspecified atom stereocenters. The van der Waals surface area contributed by atoms with Crippen LogP contribution in [-0.4, -0.2) is 36.7 Å². The van der Waals surface area contributed by atoms with Gasteiger partial charge in [-0.3, -0.25) is 9.59 Å². The van der Waals surface area contributed by atoms with Crippen LogP contribution in [0.3, 0.4) is 0 Å². The molecule has 0 N–H and O–H groups in total. The summed E-state index contributed by atoms with van der Waals surface area (Å²) in [6, 6.07) is 13.4. The predicted octanol–water partition coefficient (Wildman–Crippen LogP) is 5.69. The molecule has 0 aliphatic rings. The maximum atomic E-state index is 11.7. The highest BCUT2D eigenvalue weighted by atomic mass is 16.5. The Morgan fingerprint density at radius 1 is 0.594 bits per heavy atom. The second-order valence-corrected chi connectivity index (χ2v) is 7.18. The molecule has 2 aromatic carbocycles. The molecular formula is C26H32O6. The maximum Gasteiger partial charge on any atom is 0.338 e. The van der Waals surface area contributed by atoms with Gasteiger partial charge < -0.3 is 9.47 Å². The van der Waals surface area contributed by atoms with Gasteiger partial charge in [0.1, 0.15) is 0 Å². The topological polar surface area (TPSA) is 86.7 Å². The lowest BCUT2D eigenvalue weighted by atomic mass is 10.0. The monoisotopic (exact) mass is 440 g/mol. The summed E-state index contributed by atoms with van der Waals surface area (Å²) in [7, 11) is 0. The normalized spacial score (nSPS) is 9.88. The minimum Gasteiger partial charge on any atom is -0.462 e. The molecule has 0 radical (unpaired) electrons. The van der Waals surface area contributed by atoms with Crippen LogP contribution in [0.4, 0.5) is 0 Å². The van der Waals surface area contributed by atoms with E-state index in [1.807, 2.05) is 13.8 Å². The average molecular weight is 441 g/mol. The van der Waals surface area contributed by atoms with Crippen molar-refractivity contribution in [3.8, 4) is 0 Å². The molecule has 2 aromatic rings. The van der Waals surface area contributed by atoms with Crippen LogP contribution >= 0.6 is 0 Å². The zero-order valence-electron chi connectivity index (χ0n) is 19.3. The van der Waals surface area contributed by atoms with Crippen LogP contribution in [0.2, 0.25) is 0 Å². The van der Waals surface area contributed by atoms with Crippen molar-refractivity contribution in [2.75, 3.05) is 13.2 Å². The van der Waals surface area contributed by atoms with Crippen LogP contribution in [0, 0.1) is 0 Å². The molecule has 32 heavy (non-hydrogen) atoms. The first kappa shape index (κ1) is 26.8. The van der Waals surface area contributed by atoms with Gasteiger partial charge in [-0.15, -0.1) is 0 Å². The van der Waals surface area contributed by atoms with E-state index in [2.05, 4.69) is 0 Å². The lowest BCUT2D eigenvalue weighted by Crippen LogP contribution is -2.11. The molecule has 0 fully saturated rings. The summed E-state index contributed by atoms with van der Waals surface area (Å²) in [5.41, 5.74) is 1.55. The van der Waals surface area contributed by atoms with E-state index < -0.39 is 11.9 Å². The SMILES string of the molecule is CCCCOC(=O)c1ccccc1C(C)=O.CCCCOC(=O)c1ccccc1C(C)=O. The lowest BCUT2D eigenvalue weighted by molar-refractivity contribution is 0.0488. The van der Waals surface area contributed by atoms with Gasteiger partial charge in [-0.25, -0.2) is 9.59 Å². The van der Waals surface area contributed by atoms with Crippen molar-refractivity contribution in [1.82, 2.24) is 0 Å². The summed E-state index contributed by atoms with van der Waals surface area (Å²) in [6.07, 6.45) is 3.63. The zero-order chi connectivity index (χ0) is 23.9. The summed E-state index contributed by atoms with van der Waals surface area (Å²) >= 11 is 0. The van der Waals surface area contributed by atoms with Crippen molar-refractivity contribution < 1.29 is 28.7 Å². The van der Waals surface area contributed by atoms with Crippen molar-refractivity contribution in [3.63, 3.8) is 0 Å². The van der Waals surface area contributed by atoms with E-state index in [1.54, 1.807) is 48.5 Å². The number of ether oxygens (including phenoxy) is 2. The highest BCUT2D eigenvalue weighted by molar-refractivity contribution is 6.06.